The second kappa shape index (κ2) is 9.75. The Kier molecular flexibility index (Phi) is 7.49. The Balaban J connectivity index is 0.00000136. The number of nitrogens with zero attached hydrogens (tertiary/aromatic N) is 3. The van der Waals surface area contributed by atoms with E-state index in [2.05, 4.69) is 21.9 Å². The SMILES string of the molecule is Cl.Cl.N#Cc1cccc2c1COC21CCC(N2CCN(c3ccc(F)cc3)CC2)CC1. The molecular formula is C24H28Cl2FN3O. The van der Waals surface area contributed by atoms with E-state index in [0.29, 0.717) is 12.6 Å². The molecule has 1 aliphatic carbocycles. The van der Waals surface area contributed by atoms with Crippen LogP contribution >= 0.6 is 24.8 Å². The highest BCUT2D eigenvalue weighted by Gasteiger charge is 2.44. The largest absolute Gasteiger partial charge is 0.369 e. The van der Waals surface area contributed by atoms with Crippen LogP contribution in [0.5, 0.6) is 0 Å². The first-order valence-electron chi connectivity index (χ1n) is 10.6. The van der Waals surface area contributed by atoms with Crippen molar-refractivity contribution in [3.8, 4) is 6.07 Å². The Morgan fingerprint density at radius 3 is 2.29 bits per heavy atom. The number of halogens is 3. The first kappa shape index (κ1) is 23.8. The van der Waals surface area contributed by atoms with Gasteiger partial charge >= 0.3 is 0 Å². The van der Waals surface area contributed by atoms with Gasteiger partial charge in [0, 0.05) is 43.5 Å². The summed E-state index contributed by atoms with van der Waals surface area (Å²) < 4.78 is 19.5. The highest BCUT2D eigenvalue weighted by molar-refractivity contribution is 5.85. The Hall–Kier alpha value is -1.84. The van der Waals surface area contributed by atoms with Crippen LogP contribution in [0.3, 0.4) is 0 Å². The predicted molar refractivity (Wildman–Crippen MR) is 125 cm³/mol. The molecule has 2 fully saturated rings. The summed E-state index contributed by atoms with van der Waals surface area (Å²) in [5.41, 5.74) is 4.03. The second-order valence-electron chi connectivity index (χ2n) is 8.46. The van der Waals surface area contributed by atoms with Crippen molar-refractivity contribution in [3.63, 3.8) is 0 Å². The molecule has 166 valence electrons. The molecule has 7 heteroatoms. The Bertz CT molecular complexity index is 931. The Morgan fingerprint density at radius 2 is 1.65 bits per heavy atom. The fourth-order valence-electron chi connectivity index (χ4n) is 5.41. The third kappa shape index (κ3) is 4.40. The van der Waals surface area contributed by atoms with E-state index in [4.69, 9.17) is 4.74 Å². The lowest BCUT2D eigenvalue weighted by Gasteiger charge is -2.45. The molecule has 2 heterocycles. The number of piperazine rings is 1. The molecule has 0 amide bonds. The van der Waals surface area contributed by atoms with E-state index in [0.717, 1.165) is 68.7 Å². The van der Waals surface area contributed by atoms with Crippen LogP contribution in [0.2, 0.25) is 0 Å². The molecule has 2 aromatic carbocycles. The van der Waals surface area contributed by atoms with Crippen molar-refractivity contribution in [3.05, 3.63) is 65.0 Å². The number of fused-ring (bicyclic) bond motifs is 2. The summed E-state index contributed by atoms with van der Waals surface area (Å²) in [6, 6.07) is 15.8. The summed E-state index contributed by atoms with van der Waals surface area (Å²) in [6.45, 7) is 4.63. The maximum absolute atomic E-state index is 13.2. The number of nitriles is 1. The molecule has 0 atom stereocenters. The van der Waals surface area contributed by atoms with Crippen LogP contribution < -0.4 is 4.90 Å². The Labute approximate surface area is 195 Å². The lowest BCUT2D eigenvalue weighted by Crippen LogP contribution is -2.52. The van der Waals surface area contributed by atoms with Crippen LogP contribution in [0, 0.1) is 17.1 Å². The molecule has 5 rings (SSSR count). The lowest BCUT2D eigenvalue weighted by atomic mass is 9.76. The second-order valence-corrected chi connectivity index (χ2v) is 8.46. The highest BCUT2D eigenvalue weighted by Crippen LogP contribution is 2.48. The average Bonchev–Trinajstić information content (AvgIpc) is 3.13. The number of hydrogen-bond donors (Lipinski definition) is 0. The van der Waals surface area contributed by atoms with Crippen LogP contribution in [-0.4, -0.2) is 37.1 Å². The van der Waals surface area contributed by atoms with Gasteiger partial charge in [-0.05, 0) is 61.6 Å². The minimum atomic E-state index is -0.186. The lowest BCUT2D eigenvalue weighted by molar-refractivity contribution is -0.0777. The van der Waals surface area contributed by atoms with Crippen LogP contribution in [-0.2, 0) is 16.9 Å². The fourth-order valence-corrected chi connectivity index (χ4v) is 5.41. The molecule has 31 heavy (non-hydrogen) atoms. The summed E-state index contributed by atoms with van der Waals surface area (Å²) in [5.74, 6) is -0.180. The molecule has 3 aliphatic rings. The summed E-state index contributed by atoms with van der Waals surface area (Å²) in [5, 5.41) is 9.38. The number of rotatable bonds is 2. The van der Waals surface area contributed by atoms with Crippen LogP contribution in [0.25, 0.3) is 0 Å². The van der Waals surface area contributed by atoms with Gasteiger partial charge in [0.1, 0.15) is 5.82 Å². The zero-order valence-corrected chi connectivity index (χ0v) is 19.1. The van der Waals surface area contributed by atoms with E-state index in [1.807, 2.05) is 24.3 Å². The minimum Gasteiger partial charge on any atom is -0.369 e. The van der Waals surface area contributed by atoms with Crippen molar-refractivity contribution in [2.45, 2.75) is 43.9 Å². The minimum absolute atomic E-state index is 0. The van der Waals surface area contributed by atoms with Gasteiger partial charge in [-0.25, -0.2) is 4.39 Å². The van der Waals surface area contributed by atoms with Crippen molar-refractivity contribution in [1.29, 1.82) is 5.26 Å². The van der Waals surface area contributed by atoms with Gasteiger partial charge < -0.3 is 9.64 Å². The molecule has 2 aromatic rings. The maximum Gasteiger partial charge on any atom is 0.123 e. The standard InChI is InChI=1S/C24H26FN3O.2ClH/c25-19-4-6-20(7-5-19)27-12-14-28(15-13-27)21-8-10-24(11-9-21)23-3-1-2-18(16-26)22(23)17-29-24;;/h1-7,21H,8-15,17H2;2*1H. The molecule has 1 saturated carbocycles. The van der Waals surface area contributed by atoms with E-state index >= 15 is 0 Å². The number of benzene rings is 2. The fraction of sp³-hybridized carbons (Fsp3) is 0.458. The molecule has 0 bridgehead atoms. The van der Waals surface area contributed by atoms with Gasteiger partial charge in [-0.3, -0.25) is 4.90 Å². The number of anilines is 1. The first-order chi connectivity index (χ1) is 14.2. The molecule has 4 nitrogen and oxygen atoms in total. The maximum atomic E-state index is 13.2. The van der Waals surface area contributed by atoms with Gasteiger partial charge in [-0.2, -0.15) is 5.26 Å². The average molecular weight is 464 g/mol. The molecule has 0 aromatic heterocycles. The van der Waals surface area contributed by atoms with Crippen LogP contribution in [0.15, 0.2) is 42.5 Å². The first-order valence-corrected chi connectivity index (χ1v) is 10.6. The van der Waals surface area contributed by atoms with Gasteiger partial charge in [-0.15, -0.1) is 24.8 Å². The van der Waals surface area contributed by atoms with E-state index < -0.39 is 0 Å². The topological polar surface area (TPSA) is 39.5 Å². The van der Waals surface area contributed by atoms with Gasteiger partial charge in [0.15, 0.2) is 0 Å². The van der Waals surface area contributed by atoms with Gasteiger partial charge in [0.25, 0.3) is 0 Å². The van der Waals surface area contributed by atoms with E-state index in [9.17, 15) is 9.65 Å². The summed E-state index contributed by atoms with van der Waals surface area (Å²) >= 11 is 0. The van der Waals surface area contributed by atoms with Crippen molar-refractivity contribution < 1.29 is 9.13 Å². The van der Waals surface area contributed by atoms with Crippen molar-refractivity contribution in [2.24, 2.45) is 0 Å². The molecule has 0 unspecified atom stereocenters. The normalized spacial score (nSPS) is 25.3. The highest BCUT2D eigenvalue weighted by atomic mass is 35.5. The van der Waals surface area contributed by atoms with Crippen LogP contribution in [0.4, 0.5) is 10.1 Å². The molecule has 2 aliphatic heterocycles. The number of hydrogen-bond acceptors (Lipinski definition) is 4. The zero-order chi connectivity index (χ0) is 19.8. The van der Waals surface area contributed by atoms with E-state index in [1.54, 1.807) is 12.1 Å². The van der Waals surface area contributed by atoms with Crippen LogP contribution in [0.1, 0.15) is 42.4 Å². The quantitative estimate of drug-likeness (QED) is 0.625. The molecule has 0 N–H and O–H groups in total. The summed E-state index contributed by atoms with van der Waals surface area (Å²) in [6.07, 6.45) is 4.31. The third-order valence-electron chi connectivity index (χ3n) is 7.07. The van der Waals surface area contributed by atoms with Crippen molar-refractivity contribution in [2.75, 3.05) is 31.1 Å². The van der Waals surface area contributed by atoms with Gasteiger partial charge in [0.2, 0.25) is 0 Å². The third-order valence-corrected chi connectivity index (χ3v) is 7.07. The monoisotopic (exact) mass is 463 g/mol. The number of ether oxygens (including phenoxy) is 1. The molecule has 1 saturated heterocycles. The van der Waals surface area contributed by atoms with Crippen molar-refractivity contribution in [1.82, 2.24) is 4.90 Å². The van der Waals surface area contributed by atoms with Gasteiger partial charge in [-0.1, -0.05) is 12.1 Å². The molecule has 0 radical (unpaired) electrons. The van der Waals surface area contributed by atoms with Gasteiger partial charge in [0.05, 0.1) is 23.8 Å². The Morgan fingerprint density at radius 1 is 0.968 bits per heavy atom. The van der Waals surface area contributed by atoms with Crippen molar-refractivity contribution >= 4 is 30.5 Å². The summed E-state index contributed by atoms with van der Waals surface area (Å²) in [7, 11) is 0. The van der Waals surface area contributed by atoms with E-state index in [1.165, 1.54) is 5.56 Å². The zero-order valence-electron chi connectivity index (χ0n) is 17.4. The smallest absolute Gasteiger partial charge is 0.123 e. The predicted octanol–water partition coefficient (Wildman–Crippen LogP) is 5.03. The molecule has 1 spiro atoms. The van der Waals surface area contributed by atoms with E-state index in [-0.39, 0.29) is 36.2 Å². The molecular weight excluding hydrogens is 436 g/mol. The summed E-state index contributed by atoms with van der Waals surface area (Å²) in [4.78, 5) is 4.97.